The number of nitrogens with two attached hydrogens (primary N) is 1. The van der Waals surface area contributed by atoms with Crippen molar-refractivity contribution in [1.29, 1.82) is 5.26 Å². The first-order valence-electron chi connectivity index (χ1n) is 5.84. The number of rotatable bonds is 4. The molecule has 18 heavy (non-hydrogen) atoms. The summed E-state index contributed by atoms with van der Waals surface area (Å²) in [5.41, 5.74) is 7.76. The molecule has 0 atom stereocenters. The summed E-state index contributed by atoms with van der Waals surface area (Å²) in [4.78, 5) is 2.65. The van der Waals surface area contributed by atoms with E-state index in [1.807, 2.05) is 12.1 Å². The predicted octanol–water partition coefficient (Wildman–Crippen LogP) is 3.38. The van der Waals surface area contributed by atoms with E-state index < -0.39 is 0 Å². The van der Waals surface area contributed by atoms with Gasteiger partial charge in [-0.15, -0.1) is 11.3 Å². The zero-order valence-corrected chi connectivity index (χ0v) is 11.1. The number of nitrogen functional groups attached to an aromatic ring is 1. The molecule has 2 rings (SSSR count). The third-order valence-electron chi connectivity index (χ3n) is 2.75. The average Bonchev–Trinajstić information content (AvgIpc) is 2.85. The summed E-state index contributed by atoms with van der Waals surface area (Å²) in [6, 6.07) is 11.8. The van der Waals surface area contributed by atoms with E-state index in [1.165, 1.54) is 9.75 Å². The van der Waals surface area contributed by atoms with Gasteiger partial charge in [0.1, 0.15) is 6.07 Å². The Hall–Kier alpha value is -1.99. The Morgan fingerprint density at radius 3 is 2.72 bits per heavy atom. The molecule has 1 heterocycles. The van der Waals surface area contributed by atoms with Gasteiger partial charge in [-0.3, -0.25) is 0 Å². The molecule has 0 aliphatic heterocycles. The smallest absolute Gasteiger partial charge is 0.101 e. The fourth-order valence-corrected chi connectivity index (χ4v) is 2.60. The van der Waals surface area contributed by atoms with Crippen molar-refractivity contribution in [3.05, 3.63) is 45.6 Å². The molecule has 0 amide bonds. The lowest BCUT2D eigenvalue weighted by Gasteiger charge is -2.08. The molecule has 1 aromatic carbocycles. The number of anilines is 2. The summed E-state index contributed by atoms with van der Waals surface area (Å²) in [5, 5.41) is 12.2. The molecule has 4 heteroatoms. The lowest BCUT2D eigenvalue weighted by atomic mass is 10.1. The number of nitrogens with one attached hydrogen (secondary N) is 1. The minimum atomic E-state index is 0.514. The van der Waals surface area contributed by atoms with Crippen molar-refractivity contribution < 1.29 is 0 Å². The first-order valence-corrected chi connectivity index (χ1v) is 6.66. The van der Waals surface area contributed by atoms with E-state index in [0.717, 1.165) is 18.7 Å². The van der Waals surface area contributed by atoms with Gasteiger partial charge >= 0.3 is 0 Å². The van der Waals surface area contributed by atoms with Crippen LogP contribution >= 0.6 is 11.3 Å². The van der Waals surface area contributed by atoms with Gasteiger partial charge in [-0.1, -0.05) is 13.0 Å². The van der Waals surface area contributed by atoms with Gasteiger partial charge in [-0.25, -0.2) is 0 Å². The maximum atomic E-state index is 8.91. The quantitative estimate of drug-likeness (QED) is 0.825. The summed E-state index contributed by atoms with van der Waals surface area (Å²) < 4.78 is 0. The molecule has 0 saturated heterocycles. The van der Waals surface area contributed by atoms with E-state index in [0.29, 0.717) is 11.3 Å². The van der Waals surface area contributed by atoms with E-state index >= 15 is 0 Å². The number of para-hydroxylation sites is 1. The Bertz CT molecular complexity index is 581. The second-order valence-corrected chi connectivity index (χ2v) is 5.21. The highest BCUT2D eigenvalue weighted by atomic mass is 32.1. The molecule has 0 bridgehead atoms. The van der Waals surface area contributed by atoms with Crippen LogP contribution in [0.3, 0.4) is 0 Å². The third kappa shape index (κ3) is 2.63. The standard InChI is InChI=1S/C14H15N3S/c1-2-11-6-7-12(18-11)9-17-13-5-3-4-10(8-15)14(13)16/h3-7,17H,2,9,16H2,1H3. The lowest BCUT2D eigenvalue weighted by Crippen LogP contribution is -2.02. The topological polar surface area (TPSA) is 61.8 Å². The van der Waals surface area contributed by atoms with Crippen molar-refractivity contribution in [3.63, 3.8) is 0 Å². The van der Waals surface area contributed by atoms with Crippen molar-refractivity contribution in [1.82, 2.24) is 0 Å². The number of hydrogen-bond acceptors (Lipinski definition) is 4. The van der Waals surface area contributed by atoms with Crippen molar-refractivity contribution >= 4 is 22.7 Å². The Labute approximate surface area is 111 Å². The fourth-order valence-electron chi connectivity index (χ4n) is 1.71. The molecular weight excluding hydrogens is 242 g/mol. The van der Waals surface area contributed by atoms with Crippen molar-refractivity contribution in [2.75, 3.05) is 11.1 Å². The number of hydrogen-bond donors (Lipinski definition) is 2. The lowest BCUT2D eigenvalue weighted by molar-refractivity contribution is 1.19. The molecule has 2 aromatic rings. The van der Waals surface area contributed by atoms with Gasteiger partial charge < -0.3 is 11.1 Å². The van der Waals surface area contributed by atoms with E-state index in [1.54, 1.807) is 17.4 Å². The fraction of sp³-hybridized carbons (Fsp3) is 0.214. The monoisotopic (exact) mass is 257 g/mol. The first-order chi connectivity index (χ1) is 8.74. The second-order valence-electron chi connectivity index (χ2n) is 3.95. The Kier molecular flexibility index (Phi) is 3.85. The molecule has 0 aliphatic carbocycles. The van der Waals surface area contributed by atoms with Gasteiger partial charge in [0.2, 0.25) is 0 Å². The number of benzene rings is 1. The van der Waals surface area contributed by atoms with Crippen molar-refractivity contribution in [2.24, 2.45) is 0 Å². The summed E-state index contributed by atoms with van der Waals surface area (Å²) in [7, 11) is 0. The molecule has 1 aromatic heterocycles. The Balaban J connectivity index is 2.09. The molecule has 0 fully saturated rings. The van der Waals surface area contributed by atoms with Gasteiger partial charge in [0.15, 0.2) is 0 Å². The third-order valence-corrected chi connectivity index (χ3v) is 3.97. The second kappa shape index (κ2) is 5.56. The van der Waals surface area contributed by atoms with Gasteiger partial charge in [0, 0.05) is 16.3 Å². The van der Waals surface area contributed by atoms with E-state index in [4.69, 9.17) is 11.0 Å². The maximum absolute atomic E-state index is 8.91. The molecule has 0 aliphatic rings. The highest BCUT2D eigenvalue weighted by Gasteiger charge is 2.04. The van der Waals surface area contributed by atoms with Gasteiger partial charge in [-0.2, -0.15) is 5.26 Å². The first kappa shape index (κ1) is 12.5. The van der Waals surface area contributed by atoms with Crippen LogP contribution in [0.5, 0.6) is 0 Å². The summed E-state index contributed by atoms with van der Waals surface area (Å²) in [6.45, 7) is 2.89. The molecule has 0 spiro atoms. The van der Waals surface area contributed by atoms with Gasteiger partial charge in [0.25, 0.3) is 0 Å². The molecule has 3 nitrogen and oxygen atoms in total. The van der Waals surface area contributed by atoms with E-state index in [9.17, 15) is 0 Å². The molecule has 0 radical (unpaired) electrons. The van der Waals surface area contributed by atoms with Crippen LogP contribution in [0.25, 0.3) is 0 Å². The van der Waals surface area contributed by atoms with Crippen molar-refractivity contribution in [3.8, 4) is 6.07 Å². The minimum Gasteiger partial charge on any atom is -0.396 e. The van der Waals surface area contributed by atoms with Crippen LogP contribution in [0.15, 0.2) is 30.3 Å². The van der Waals surface area contributed by atoms with E-state index in [-0.39, 0.29) is 0 Å². The Morgan fingerprint density at radius 2 is 2.06 bits per heavy atom. The van der Waals surface area contributed by atoms with Gasteiger partial charge in [0.05, 0.1) is 16.9 Å². The normalized spacial score (nSPS) is 10.0. The van der Waals surface area contributed by atoms with Crippen LogP contribution in [0.4, 0.5) is 11.4 Å². The number of nitrogens with zero attached hydrogens (tertiary/aromatic N) is 1. The number of aryl methyl sites for hydroxylation is 1. The highest BCUT2D eigenvalue weighted by molar-refractivity contribution is 7.12. The number of nitriles is 1. The molecule has 3 N–H and O–H groups in total. The predicted molar refractivity (Wildman–Crippen MR) is 76.6 cm³/mol. The molecule has 0 saturated carbocycles. The highest BCUT2D eigenvalue weighted by Crippen LogP contribution is 2.24. The van der Waals surface area contributed by atoms with Crippen LogP contribution in [-0.4, -0.2) is 0 Å². The van der Waals surface area contributed by atoms with Crippen LogP contribution in [0.2, 0.25) is 0 Å². The molecular formula is C14H15N3S. The van der Waals surface area contributed by atoms with Crippen LogP contribution in [-0.2, 0) is 13.0 Å². The van der Waals surface area contributed by atoms with Crippen molar-refractivity contribution in [2.45, 2.75) is 19.9 Å². The minimum absolute atomic E-state index is 0.514. The Morgan fingerprint density at radius 1 is 1.28 bits per heavy atom. The SMILES string of the molecule is CCc1ccc(CNc2cccc(C#N)c2N)s1. The largest absolute Gasteiger partial charge is 0.396 e. The summed E-state index contributed by atoms with van der Waals surface area (Å²) in [6.07, 6.45) is 1.07. The zero-order chi connectivity index (χ0) is 13.0. The summed E-state index contributed by atoms with van der Waals surface area (Å²) in [5.74, 6) is 0. The molecule has 92 valence electrons. The van der Waals surface area contributed by atoms with Crippen LogP contribution in [0, 0.1) is 11.3 Å². The molecule has 0 unspecified atom stereocenters. The van der Waals surface area contributed by atoms with Crippen LogP contribution < -0.4 is 11.1 Å². The average molecular weight is 257 g/mol. The maximum Gasteiger partial charge on any atom is 0.101 e. The van der Waals surface area contributed by atoms with Crippen LogP contribution in [0.1, 0.15) is 22.2 Å². The van der Waals surface area contributed by atoms with Gasteiger partial charge in [-0.05, 0) is 30.7 Å². The number of thiophene rings is 1. The zero-order valence-electron chi connectivity index (χ0n) is 10.2. The summed E-state index contributed by atoms with van der Waals surface area (Å²) >= 11 is 1.80. The van der Waals surface area contributed by atoms with E-state index in [2.05, 4.69) is 30.4 Å².